The fourth-order valence-corrected chi connectivity index (χ4v) is 5.19. The van der Waals surface area contributed by atoms with Crippen LogP contribution in [0.1, 0.15) is 46.0 Å². The van der Waals surface area contributed by atoms with E-state index in [2.05, 4.69) is 13.8 Å². The molecule has 0 saturated carbocycles. The van der Waals surface area contributed by atoms with Crippen molar-refractivity contribution in [3.63, 3.8) is 0 Å². The van der Waals surface area contributed by atoms with Gasteiger partial charge >= 0.3 is 0 Å². The van der Waals surface area contributed by atoms with Gasteiger partial charge in [0.05, 0.1) is 11.2 Å². The molecular formula is C15H29NO2S. The van der Waals surface area contributed by atoms with Gasteiger partial charge in [0.1, 0.15) is 0 Å². The van der Waals surface area contributed by atoms with Crippen LogP contribution in [0.5, 0.6) is 0 Å². The lowest BCUT2D eigenvalue weighted by Crippen LogP contribution is -2.56. The van der Waals surface area contributed by atoms with E-state index in [9.17, 15) is 0 Å². The van der Waals surface area contributed by atoms with E-state index in [-0.39, 0.29) is 17.2 Å². The Labute approximate surface area is 122 Å². The van der Waals surface area contributed by atoms with Crippen LogP contribution >= 0.6 is 11.8 Å². The average molecular weight is 287 g/mol. The Hall–Kier alpha value is 0.230. The zero-order chi connectivity index (χ0) is 13.9. The first-order chi connectivity index (χ1) is 9.11. The summed E-state index contributed by atoms with van der Waals surface area (Å²) in [5.41, 5.74) is 6.58. The molecule has 2 N–H and O–H groups in total. The second kappa shape index (κ2) is 6.33. The Bertz CT molecular complexity index is 280. The first-order valence-electron chi connectivity index (χ1n) is 7.64. The molecule has 0 radical (unpaired) electrons. The van der Waals surface area contributed by atoms with E-state index in [0.717, 1.165) is 38.0 Å². The van der Waals surface area contributed by atoms with Crippen molar-refractivity contribution < 1.29 is 9.47 Å². The molecule has 2 fully saturated rings. The van der Waals surface area contributed by atoms with Crippen LogP contribution in [0.25, 0.3) is 0 Å². The lowest BCUT2D eigenvalue weighted by molar-refractivity contribution is -0.112. The molecule has 0 aliphatic carbocycles. The van der Waals surface area contributed by atoms with Gasteiger partial charge in [-0.3, -0.25) is 0 Å². The van der Waals surface area contributed by atoms with Crippen molar-refractivity contribution in [1.29, 1.82) is 0 Å². The van der Waals surface area contributed by atoms with Crippen molar-refractivity contribution in [2.75, 3.05) is 25.2 Å². The van der Waals surface area contributed by atoms with Crippen molar-refractivity contribution >= 4 is 11.8 Å². The largest absolute Gasteiger partial charge is 0.377 e. The summed E-state index contributed by atoms with van der Waals surface area (Å²) >= 11 is 2.02. The van der Waals surface area contributed by atoms with E-state index in [1.54, 1.807) is 0 Å². The Morgan fingerprint density at radius 2 is 2.21 bits per heavy atom. The number of hydrogen-bond donors (Lipinski definition) is 1. The molecular weight excluding hydrogens is 258 g/mol. The summed E-state index contributed by atoms with van der Waals surface area (Å²) in [5, 5.41) is 0. The van der Waals surface area contributed by atoms with Gasteiger partial charge in [-0.2, -0.15) is 11.8 Å². The lowest BCUT2D eigenvalue weighted by atomic mass is 9.74. The maximum Gasteiger partial charge on any atom is 0.0826 e. The summed E-state index contributed by atoms with van der Waals surface area (Å²) in [7, 11) is 1.81. The van der Waals surface area contributed by atoms with Crippen LogP contribution in [0.2, 0.25) is 0 Å². The highest BCUT2D eigenvalue weighted by Gasteiger charge is 2.46. The van der Waals surface area contributed by atoms with Gasteiger partial charge < -0.3 is 15.2 Å². The lowest BCUT2D eigenvalue weighted by Gasteiger charge is -2.46. The highest BCUT2D eigenvalue weighted by Crippen LogP contribution is 2.43. The SMILES string of the molecule is CCC(CC)(OC)C(N)C1CCOC2(CCSC2)C1. The molecule has 0 bridgehead atoms. The maximum atomic E-state index is 6.62. The zero-order valence-corrected chi connectivity index (χ0v) is 13.4. The molecule has 0 aromatic rings. The minimum Gasteiger partial charge on any atom is -0.377 e. The summed E-state index contributed by atoms with van der Waals surface area (Å²) in [6.07, 6.45) is 5.37. The normalized spacial score (nSPS) is 33.8. The minimum atomic E-state index is -0.158. The number of thioether (sulfide) groups is 1. The third-order valence-electron chi connectivity index (χ3n) is 5.32. The Morgan fingerprint density at radius 3 is 2.74 bits per heavy atom. The van der Waals surface area contributed by atoms with E-state index in [0.29, 0.717) is 5.92 Å². The van der Waals surface area contributed by atoms with Crippen LogP contribution in [0, 0.1) is 5.92 Å². The van der Waals surface area contributed by atoms with Crippen molar-refractivity contribution in [2.24, 2.45) is 11.7 Å². The van der Waals surface area contributed by atoms with Crippen LogP contribution in [0.4, 0.5) is 0 Å². The van der Waals surface area contributed by atoms with E-state index in [1.165, 1.54) is 12.2 Å². The molecule has 19 heavy (non-hydrogen) atoms. The van der Waals surface area contributed by atoms with Gasteiger partial charge in [-0.05, 0) is 43.8 Å². The van der Waals surface area contributed by atoms with Gasteiger partial charge in [0.15, 0.2) is 0 Å². The minimum absolute atomic E-state index is 0.117. The highest BCUT2D eigenvalue weighted by molar-refractivity contribution is 7.99. The molecule has 2 aliphatic heterocycles. The number of ether oxygens (including phenoxy) is 2. The molecule has 2 rings (SSSR count). The molecule has 4 heteroatoms. The number of rotatable bonds is 5. The van der Waals surface area contributed by atoms with E-state index in [1.807, 2.05) is 18.9 Å². The van der Waals surface area contributed by atoms with Crippen LogP contribution < -0.4 is 5.73 Å². The molecule has 0 aromatic carbocycles. The molecule has 112 valence electrons. The summed E-state index contributed by atoms with van der Waals surface area (Å²) in [6, 6.07) is 0.124. The van der Waals surface area contributed by atoms with Gasteiger partial charge in [-0.15, -0.1) is 0 Å². The fraction of sp³-hybridized carbons (Fsp3) is 1.00. The smallest absolute Gasteiger partial charge is 0.0826 e. The molecule has 2 aliphatic rings. The van der Waals surface area contributed by atoms with Crippen LogP contribution in [-0.2, 0) is 9.47 Å². The predicted octanol–water partition coefficient (Wildman–Crippen LogP) is 2.82. The fourth-order valence-electron chi connectivity index (χ4n) is 3.81. The molecule has 3 nitrogen and oxygen atoms in total. The summed E-state index contributed by atoms with van der Waals surface area (Å²) in [6.45, 7) is 5.24. The molecule has 3 atom stereocenters. The van der Waals surface area contributed by atoms with Crippen molar-refractivity contribution in [3.05, 3.63) is 0 Å². The molecule has 3 unspecified atom stereocenters. The standard InChI is InChI=1S/C15H29NO2S/c1-4-15(5-2,17-3)13(16)12-6-8-18-14(10-12)7-9-19-11-14/h12-13H,4-11,16H2,1-3H3. The van der Waals surface area contributed by atoms with Gasteiger partial charge in [-0.25, -0.2) is 0 Å². The topological polar surface area (TPSA) is 44.5 Å². The van der Waals surface area contributed by atoms with E-state index >= 15 is 0 Å². The molecule has 1 spiro atoms. The second-order valence-corrected chi connectivity index (χ2v) is 7.19. The van der Waals surface area contributed by atoms with Gasteiger partial charge in [0.25, 0.3) is 0 Å². The van der Waals surface area contributed by atoms with E-state index in [4.69, 9.17) is 15.2 Å². The second-order valence-electron chi connectivity index (χ2n) is 6.09. The number of hydrogen-bond acceptors (Lipinski definition) is 4. The monoisotopic (exact) mass is 287 g/mol. The molecule has 2 saturated heterocycles. The maximum absolute atomic E-state index is 6.62. The Morgan fingerprint density at radius 1 is 1.47 bits per heavy atom. The summed E-state index contributed by atoms with van der Waals surface area (Å²) in [5.74, 6) is 2.92. The highest BCUT2D eigenvalue weighted by atomic mass is 32.2. The number of nitrogens with two attached hydrogens (primary N) is 1. The number of methoxy groups -OCH3 is 1. The first kappa shape index (κ1) is 15.6. The van der Waals surface area contributed by atoms with Gasteiger partial charge in [0.2, 0.25) is 0 Å². The third kappa shape index (κ3) is 2.97. The average Bonchev–Trinajstić information content (AvgIpc) is 2.89. The van der Waals surface area contributed by atoms with Crippen LogP contribution in [0.3, 0.4) is 0 Å². The molecule has 0 amide bonds. The van der Waals surface area contributed by atoms with Crippen molar-refractivity contribution in [2.45, 2.75) is 63.2 Å². The van der Waals surface area contributed by atoms with Crippen molar-refractivity contribution in [1.82, 2.24) is 0 Å². The van der Waals surface area contributed by atoms with Crippen LogP contribution in [-0.4, -0.2) is 42.5 Å². The zero-order valence-electron chi connectivity index (χ0n) is 12.6. The Kier molecular flexibility index (Phi) is 5.21. The predicted molar refractivity (Wildman–Crippen MR) is 81.6 cm³/mol. The summed E-state index contributed by atoms with van der Waals surface area (Å²) < 4.78 is 11.9. The van der Waals surface area contributed by atoms with E-state index < -0.39 is 0 Å². The Balaban J connectivity index is 2.07. The van der Waals surface area contributed by atoms with Gasteiger partial charge in [-0.1, -0.05) is 13.8 Å². The third-order valence-corrected chi connectivity index (χ3v) is 6.54. The van der Waals surface area contributed by atoms with Crippen molar-refractivity contribution in [3.8, 4) is 0 Å². The van der Waals surface area contributed by atoms with Gasteiger partial charge in [0, 0.05) is 25.5 Å². The quantitative estimate of drug-likeness (QED) is 0.844. The first-order valence-corrected chi connectivity index (χ1v) is 8.79. The van der Waals surface area contributed by atoms with Crippen LogP contribution in [0.15, 0.2) is 0 Å². The molecule has 0 aromatic heterocycles. The summed E-state index contributed by atoms with van der Waals surface area (Å²) in [4.78, 5) is 0. The molecule has 2 heterocycles.